The maximum absolute atomic E-state index is 5.72. The van der Waals surface area contributed by atoms with Gasteiger partial charge in [-0.3, -0.25) is 4.90 Å². The van der Waals surface area contributed by atoms with Crippen LogP contribution in [0.3, 0.4) is 0 Å². The quantitative estimate of drug-likeness (QED) is 0.385. The molecule has 0 aromatic carbocycles. The van der Waals surface area contributed by atoms with E-state index in [1.54, 1.807) is 0 Å². The van der Waals surface area contributed by atoms with E-state index in [0.717, 1.165) is 45.9 Å². The minimum atomic E-state index is 0.287. The highest BCUT2D eigenvalue weighted by atomic mass is 16.5. The van der Waals surface area contributed by atoms with Gasteiger partial charge in [0.1, 0.15) is 6.61 Å². The summed E-state index contributed by atoms with van der Waals surface area (Å²) in [6.45, 7) is 7.46. The van der Waals surface area contributed by atoms with Crippen molar-refractivity contribution >= 4 is 12.2 Å². The van der Waals surface area contributed by atoms with Crippen LogP contribution in [0.25, 0.3) is 0 Å². The summed E-state index contributed by atoms with van der Waals surface area (Å²) in [4.78, 5) is 17.3. The molecule has 0 amide bonds. The van der Waals surface area contributed by atoms with E-state index in [9.17, 15) is 0 Å². The Morgan fingerprint density at radius 3 is 2.46 bits per heavy atom. The lowest BCUT2D eigenvalue weighted by atomic mass is 10.4. The van der Waals surface area contributed by atoms with Crippen LogP contribution in [-0.4, -0.2) is 91.8 Å². The average molecular weight is 337 g/mol. The Bertz CT molecular complexity index is 545. The van der Waals surface area contributed by atoms with Crippen molar-refractivity contribution in [2.24, 2.45) is 10.9 Å². The van der Waals surface area contributed by atoms with Crippen LogP contribution in [0.5, 0.6) is 6.01 Å². The van der Waals surface area contributed by atoms with E-state index in [1.807, 2.05) is 4.90 Å². The van der Waals surface area contributed by atoms with Gasteiger partial charge in [-0.1, -0.05) is 0 Å². The summed E-state index contributed by atoms with van der Waals surface area (Å²) in [7, 11) is 0. The van der Waals surface area contributed by atoms with Crippen molar-refractivity contribution in [1.29, 1.82) is 0 Å². The summed E-state index contributed by atoms with van der Waals surface area (Å²) in [6, 6.07) is 0.287. The van der Waals surface area contributed by atoms with Gasteiger partial charge in [0, 0.05) is 32.7 Å². The number of morpholine rings is 2. The van der Waals surface area contributed by atoms with Gasteiger partial charge < -0.3 is 25.0 Å². The monoisotopic (exact) mass is 337 g/mol. The molecule has 0 atom stereocenters. The maximum Gasteiger partial charge on any atom is 0.321 e. The summed E-state index contributed by atoms with van der Waals surface area (Å²) < 4.78 is 16.4. The highest BCUT2D eigenvalue weighted by Gasteiger charge is 2.17. The minimum Gasteiger partial charge on any atom is -0.462 e. The fraction of sp³-hybridized carbons (Fsp3) is 0.714. The second-order valence-corrected chi connectivity index (χ2v) is 5.46. The van der Waals surface area contributed by atoms with Crippen LogP contribution >= 0.6 is 0 Å². The zero-order chi connectivity index (χ0) is 16.6. The van der Waals surface area contributed by atoms with Crippen LogP contribution in [0.4, 0.5) is 5.95 Å². The number of ether oxygens (including phenoxy) is 3. The SMILES string of the molecule is N/N=C/c1nc(OCCN2CCOCC2)nc(N2CCOCC2)n1. The molecular weight excluding hydrogens is 314 g/mol. The predicted octanol–water partition coefficient (Wildman–Crippen LogP) is -1.29. The Kier molecular flexibility index (Phi) is 6.10. The van der Waals surface area contributed by atoms with E-state index in [2.05, 4.69) is 25.0 Å². The molecule has 3 heterocycles. The zero-order valence-corrected chi connectivity index (χ0v) is 13.6. The molecule has 0 unspecified atom stereocenters. The number of anilines is 1. The first-order chi connectivity index (χ1) is 11.8. The summed E-state index contributed by atoms with van der Waals surface area (Å²) >= 11 is 0. The molecule has 1 aromatic rings. The Balaban J connectivity index is 1.63. The third-order valence-electron chi connectivity index (χ3n) is 3.85. The largest absolute Gasteiger partial charge is 0.462 e. The molecule has 10 heteroatoms. The summed E-state index contributed by atoms with van der Waals surface area (Å²) in [5.41, 5.74) is 0. The second-order valence-electron chi connectivity index (χ2n) is 5.46. The lowest BCUT2D eigenvalue weighted by Crippen LogP contribution is -2.39. The number of nitrogens with zero attached hydrogens (tertiary/aromatic N) is 6. The van der Waals surface area contributed by atoms with Crippen molar-refractivity contribution in [3.05, 3.63) is 5.82 Å². The topological polar surface area (TPSA) is 111 Å². The number of hydrogen-bond acceptors (Lipinski definition) is 10. The zero-order valence-electron chi connectivity index (χ0n) is 13.6. The van der Waals surface area contributed by atoms with E-state index in [-0.39, 0.29) is 6.01 Å². The molecule has 0 radical (unpaired) electrons. The van der Waals surface area contributed by atoms with Gasteiger partial charge in [-0.05, 0) is 0 Å². The molecule has 2 fully saturated rings. The van der Waals surface area contributed by atoms with Crippen LogP contribution in [0.15, 0.2) is 5.10 Å². The smallest absolute Gasteiger partial charge is 0.321 e. The van der Waals surface area contributed by atoms with E-state index < -0.39 is 0 Å². The number of nitrogens with two attached hydrogens (primary N) is 1. The third kappa shape index (κ3) is 4.73. The van der Waals surface area contributed by atoms with Crippen molar-refractivity contribution in [2.75, 3.05) is 70.7 Å². The van der Waals surface area contributed by atoms with Gasteiger partial charge >= 0.3 is 6.01 Å². The molecule has 24 heavy (non-hydrogen) atoms. The van der Waals surface area contributed by atoms with Crippen LogP contribution < -0.4 is 15.5 Å². The van der Waals surface area contributed by atoms with Crippen LogP contribution in [0, 0.1) is 0 Å². The molecule has 2 saturated heterocycles. The molecule has 2 aliphatic heterocycles. The lowest BCUT2D eigenvalue weighted by Gasteiger charge is -2.27. The first-order valence-corrected chi connectivity index (χ1v) is 8.10. The molecule has 10 nitrogen and oxygen atoms in total. The number of rotatable bonds is 6. The molecule has 0 bridgehead atoms. The van der Waals surface area contributed by atoms with Gasteiger partial charge in [0.2, 0.25) is 5.95 Å². The van der Waals surface area contributed by atoms with Gasteiger partial charge in [0.15, 0.2) is 5.82 Å². The van der Waals surface area contributed by atoms with Crippen molar-refractivity contribution in [2.45, 2.75) is 0 Å². The molecule has 0 spiro atoms. The van der Waals surface area contributed by atoms with E-state index in [0.29, 0.717) is 31.6 Å². The van der Waals surface area contributed by atoms with E-state index in [4.69, 9.17) is 20.1 Å². The Hall–Kier alpha value is -2.04. The Morgan fingerprint density at radius 2 is 1.75 bits per heavy atom. The Labute approximate surface area is 140 Å². The van der Waals surface area contributed by atoms with Gasteiger partial charge in [0.05, 0.1) is 32.6 Å². The molecule has 2 aliphatic rings. The summed E-state index contributed by atoms with van der Waals surface area (Å²) in [5.74, 6) is 6.16. The van der Waals surface area contributed by atoms with Crippen LogP contribution in [0.1, 0.15) is 5.82 Å². The first kappa shape index (κ1) is 16.8. The van der Waals surface area contributed by atoms with Crippen molar-refractivity contribution in [3.8, 4) is 6.01 Å². The molecular formula is C14H23N7O3. The van der Waals surface area contributed by atoms with Gasteiger partial charge in [-0.2, -0.15) is 20.1 Å². The number of aromatic nitrogens is 3. The predicted molar refractivity (Wildman–Crippen MR) is 87.4 cm³/mol. The molecule has 3 rings (SSSR count). The molecule has 1 aromatic heterocycles. The highest BCUT2D eigenvalue weighted by molar-refractivity contribution is 5.74. The average Bonchev–Trinajstić information content (AvgIpc) is 2.63. The normalized spacial score (nSPS) is 19.8. The second kappa shape index (κ2) is 8.71. The van der Waals surface area contributed by atoms with Gasteiger partial charge in [0.25, 0.3) is 0 Å². The molecule has 2 N–H and O–H groups in total. The first-order valence-electron chi connectivity index (χ1n) is 8.10. The van der Waals surface area contributed by atoms with E-state index >= 15 is 0 Å². The molecule has 132 valence electrons. The van der Waals surface area contributed by atoms with E-state index in [1.165, 1.54) is 6.21 Å². The highest BCUT2D eigenvalue weighted by Crippen LogP contribution is 2.13. The molecule has 0 aliphatic carbocycles. The van der Waals surface area contributed by atoms with Crippen LogP contribution in [-0.2, 0) is 9.47 Å². The fourth-order valence-corrected chi connectivity index (χ4v) is 2.55. The third-order valence-corrected chi connectivity index (χ3v) is 3.85. The minimum absolute atomic E-state index is 0.287. The standard InChI is InChI=1S/C14H23N7O3/c15-16-11-12-17-13(21-4-8-23-9-5-21)19-14(18-12)24-10-3-20-1-6-22-7-2-20/h11H,1-10,15H2/b16-11+. The van der Waals surface area contributed by atoms with Crippen molar-refractivity contribution in [1.82, 2.24) is 19.9 Å². The fourth-order valence-electron chi connectivity index (χ4n) is 2.55. The summed E-state index contributed by atoms with van der Waals surface area (Å²) in [5, 5.41) is 3.49. The molecule has 0 saturated carbocycles. The van der Waals surface area contributed by atoms with Crippen molar-refractivity contribution < 1.29 is 14.2 Å². The maximum atomic E-state index is 5.72. The van der Waals surface area contributed by atoms with Gasteiger partial charge in [-0.25, -0.2) is 0 Å². The number of hydrazone groups is 1. The summed E-state index contributed by atoms with van der Waals surface area (Å²) in [6.07, 6.45) is 1.39. The van der Waals surface area contributed by atoms with Gasteiger partial charge in [-0.15, -0.1) is 0 Å². The Morgan fingerprint density at radius 1 is 1.04 bits per heavy atom. The lowest BCUT2D eigenvalue weighted by molar-refractivity contribution is 0.0317. The van der Waals surface area contributed by atoms with Crippen molar-refractivity contribution in [3.63, 3.8) is 0 Å². The van der Waals surface area contributed by atoms with Crippen LogP contribution in [0.2, 0.25) is 0 Å². The number of hydrogen-bond donors (Lipinski definition) is 1.